The summed E-state index contributed by atoms with van der Waals surface area (Å²) in [5, 5.41) is 13.9. The molecule has 1 aromatic rings. The first kappa shape index (κ1) is 13.0. The largest absolute Gasteiger partial charge is 0.479 e. The smallest absolute Gasteiger partial charge is 0.233 e. The molecule has 0 heterocycles. The van der Waals surface area contributed by atoms with Crippen LogP contribution in [0.4, 0.5) is 0 Å². The van der Waals surface area contributed by atoms with Crippen LogP contribution in [0.1, 0.15) is 5.56 Å². The van der Waals surface area contributed by atoms with Crippen LogP contribution >= 0.6 is 0 Å². The summed E-state index contributed by atoms with van der Waals surface area (Å²) in [6.07, 6.45) is 0. The second-order valence-corrected chi connectivity index (χ2v) is 3.37. The van der Waals surface area contributed by atoms with Crippen molar-refractivity contribution in [3.63, 3.8) is 0 Å². The molecule has 0 spiro atoms. The van der Waals surface area contributed by atoms with Crippen molar-refractivity contribution in [3.8, 4) is 11.8 Å². The fourth-order valence-electron chi connectivity index (χ4n) is 1.23. The van der Waals surface area contributed by atoms with Crippen molar-refractivity contribution in [1.29, 1.82) is 5.26 Å². The van der Waals surface area contributed by atoms with Gasteiger partial charge in [-0.3, -0.25) is 4.79 Å². The van der Waals surface area contributed by atoms with E-state index < -0.39 is 0 Å². The van der Waals surface area contributed by atoms with Gasteiger partial charge in [0.2, 0.25) is 5.91 Å². The van der Waals surface area contributed by atoms with E-state index in [9.17, 15) is 4.79 Å². The molecule has 90 valence electrons. The zero-order valence-electron chi connectivity index (χ0n) is 9.69. The summed E-state index contributed by atoms with van der Waals surface area (Å²) in [7, 11) is 1.60. The standard InChI is InChI=1S/C12H15N3O2/c1-14-12(16)9-15-8-10-2-4-11(5-3-10)17-7-6-13/h2-5,15H,7-9H2,1H3,(H,14,16). The zero-order valence-corrected chi connectivity index (χ0v) is 9.69. The van der Waals surface area contributed by atoms with Crippen molar-refractivity contribution >= 4 is 5.91 Å². The summed E-state index contributed by atoms with van der Waals surface area (Å²) in [5.74, 6) is 0.626. The van der Waals surface area contributed by atoms with E-state index >= 15 is 0 Å². The van der Waals surface area contributed by atoms with Crippen LogP contribution in [-0.4, -0.2) is 26.1 Å². The van der Waals surface area contributed by atoms with Gasteiger partial charge in [0.1, 0.15) is 11.8 Å². The third-order valence-electron chi connectivity index (χ3n) is 2.12. The van der Waals surface area contributed by atoms with Gasteiger partial charge in [0, 0.05) is 13.6 Å². The molecule has 1 amide bonds. The maximum Gasteiger partial charge on any atom is 0.233 e. The minimum Gasteiger partial charge on any atom is -0.479 e. The number of amides is 1. The van der Waals surface area contributed by atoms with Gasteiger partial charge in [-0.2, -0.15) is 5.26 Å². The van der Waals surface area contributed by atoms with Gasteiger partial charge < -0.3 is 15.4 Å². The third-order valence-corrected chi connectivity index (χ3v) is 2.12. The molecular weight excluding hydrogens is 218 g/mol. The molecular formula is C12H15N3O2. The highest BCUT2D eigenvalue weighted by atomic mass is 16.5. The third kappa shape index (κ3) is 5.00. The van der Waals surface area contributed by atoms with Gasteiger partial charge in [0.05, 0.1) is 6.54 Å². The molecule has 0 saturated heterocycles. The Morgan fingerprint density at radius 3 is 2.71 bits per heavy atom. The Kier molecular flexibility index (Phi) is 5.55. The van der Waals surface area contributed by atoms with Crippen LogP contribution in [0, 0.1) is 11.3 Å². The molecule has 0 aliphatic rings. The summed E-state index contributed by atoms with van der Waals surface area (Å²) >= 11 is 0. The predicted molar refractivity (Wildman–Crippen MR) is 63.3 cm³/mol. The van der Waals surface area contributed by atoms with E-state index in [4.69, 9.17) is 10.00 Å². The van der Waals surface area contributed by atoms with Crippen LogP contribution in [-0.2, 0) is 11.3 Å². The molecule has 0 unspecified atom stereocenters. The van der Waals surface area contributed by atoms with E-state index in [2.05, 4.69) is 10.6 Å². The average molecular weight is 233 g/mol. The van der Waals surface area contributed by atoms with Crippen molar-refractivity contribution in [2.45, 2.75) is 6.54 Å². The lowest BCUT2D eigenvalue weighted by molar-refractivity contribution is -0.119. The summed E-state index contributed by atoms with van der Waals surface area (Å²) in [6, 6.07) is 9.29. The van der Waals surface area contributed by atoms with Crippen LogP contribution < -0.4 is 15.4 Å². The van der Waals surface area contributed by atoms with E-state index in [1.807, 2.05) is 18.2 Å². The van der Waals surface area contributed by atoms with Gasteiger partial charge in [-0.1, -0.05) is 12.1 Å². The lowest BCUT2D eigenvalue weighted by Gasteiger charge is -2.05. The number of nitriles is 1. The monoisotopic (exact) mass is 233 g/mol. The Balaban J connectivity index is 2.35. The second-order valence-electron chi connectivity index (χ2n) is 3.37. The normalized spacial score (nSPS) is 9.41. The molecule has 5 nitrogen and oxygen atoms in total. The topological polar surface area (TPSA) is 74.2 Å². The molecule has 5 heteroatoms. The molecule has 1 aromatic carbocycles. The molecule has 0 saturated carbocycles. The first-order valence-corrected chi connectivity index (χ1v) is 5.26. The van der Waals surface area contributed by atoms with E-state index in [0.29, 0.717) is 18.8 Å². The van der Waals surface area contributed by atoms with E-state index in [1.165, 1.54) is 0 Å². The number of hydrogen-bond donors (Lipinski definition) is 2. The number of nitrogens with zero attached hydrogens (tertiary/aromatic N) is 1. The van der Waals surface area contributed by atoms with Gasteiger partial charge in [0.15, 0.2) is 6.61 Å². The van der Waals surface area contributed by atoms with E-state index in [1.54, 1.807) is 19.2 Å². The number of nitrogens with one attached hydrogen (secondary N) is 2. The summed E-state index contributed by atoms with van der Waals surface area (Å²) in [4.78, 5) is 11.0. The Morgan fingerprint density at radius 1 is 1.41 bits per heavy atom. The fraction of sp³-hybridized carbons (Fsp3) is 0.333. The highest BCUT2D eigenvalue weighted by Crippen LogP contribution is 2.11. The van der Waals surface area contributed by atoms with Gasteiger partial charge in [0.25, 0.3) is 0 Å². The molecule has 0 aliphatic carbocycles. The highest BCUT2D eigenvalue weighted by Gasteiger charge is 1.98. The van der Waals surface area contributed by atoms with Crippen LogP contribution in [0.5, 0.6) is 5.75 Å². The SMILES string of the molecule is CNC(=O)CNCc1ccc(OCC#N)cc1. The first-order chi connectivity index (χ1) is 8.26. The van der Waals surface area contributed by atoms with Crippen molar-refractivity contribution in [3.05, 3.63) is 29.8 Å². The number of ether oxygens (including phenoxy) is 1. The van der Waals surface area contributed by atoms with E-state index in [0.717, 1.165) is 5.56 Å². The quantitative estimate of drug-likeness (QED) is 0.747. The summed E-state index contributed by atoms with van der Waals surface area (Å²) < 4.78 is 5.12. The Morgan fingerprint density at radius 2 is 2.12 bits per heavy atom. The molecule has 2 N–H and O–H groups in total. The molecule has 0 radical (unpaired) electrons. The summed E-state index contributed by atoms with van der Waals surface area (Å²) in [6.45, 7) is 0.962. The molecule has 0 aliphatic heterocycles. The number of likely N-dealkylation sites (N-methyl/N-ethyl adjacent to an activating group) is 1. The number of carbonyl (C=O) groups excluding carboxylic acids is 1. The van der Waals surface area contributed by atoms with Crippen molar-refractivity contribution in [2.75, 3.05) is 20.2 Å². The molecule has 0 aromatic heterocycles. The number of benzene rings is 1. The molecule has 1 rings (SSSR count). The predicted octanol–water partition coefficient (Wildman–Crippen LogP) is 0.425. The van der Waals surface area contributed by atoms with Gasteiger partial charge in [-0.05, 0) is 17.7 Å². The minimum atomic E-state index is -0.0426. The minimum absolute atomic E-state index is 0.0426. The van der Waals surface area contributed by atoms with Crippen LogP contribution in [0.3, 0.4) is 0 Å². The zero-order chi connectivity index (χ0) is 12.5. The molecule has 17 heavy (non-hydrogen) atoms. The van der Waals surface area contributed by atoms with Crippen LogP contribution in [0.2, 0.25) is 0 Å². The van der Waals surface area contributed by atoms with Crippen molar-refractivity contribution < 1.29 is 9.53 Å². The van der Waals surface area contributed by atoms with Crippen LogP contribution in [0.15, 0.2) is 24.3 Å². The number of carbonyl (C=O) groups is 1. The lowest BCUT2D eigenvalue weighted by Crippen LogP contribution is -2.30. The van der Waals surface area contributed by atoms with Gasteiger partial charge in [-0.25, -0.2) is 0 Å². The second kappa shape index (κ2) is 7.25. The van der Waals surface area contributed by atoms with E-state index in [-0.39, 0.29) is 12.5 Å². The van der Waals surface area contributed by atoms with Crippen LogP contribution in [0.25, 0.3) is 0 Å². The Bertz CT molecular complexity index is 395. The van der Waals surface area contributed by atoms with Crippen molar-refractivity contribution in [2.24, 2.45) is 0 Å². The molecule has 0 bridgehead atoms. The van der Waals surface area contributed by atoms with Gasteiger partial charge >= 0.3 is 0 Å². The molecule has 0 fully saturated rings. The lowest BCUT2D eigenvalue weighted by atomic mass is 10.2. The highest BCUT2D eigenvalue weighted by molar-refractivity contribution is 5.77. The number of rotatable bonds is 6. The number of hydrogen-bond acceptors (Lipinski definition) is 4. The van der Waals surface area contributed by atoms with Gasteiger partial charge in [-0.15, -0.1) is 0 Å². The Labute approximate surface area is 100 Å². The van der Waals surface area contributed by atoms with Crippen molar-refractivity contribution in [1.82, 2.24) is 10.6 Å². The average Bonchev–Trinajstić information content (AvgIpc) is 2.37. The Hall–Kier alpha value is -2.06. The summed E-state index contributed by atoms with van der Waals surface area (Å²) in [5.41, 5.74) is 1.05. The maximum absolute atomic E-state index is 11.0. The first-order valence-electron chi connectivity index (χ1n) is 5.26. The molecule has 0 atom stereocenters. The maximum atomic E-state index is 11.0. The fourth-order valence-corrected chi connectivity index (χ4v) is 1.23.